The number of aliphatic hydroxyl groups is 1. The molecule has 0 aliphatic carbocycles. The maximum Gasteiger partial charge on any atom is 0.162 e. The second-order valence-corrected chi connectivity index (χ2v) is 3.65. The fourth-order valence-electron chi connectivity index (χ4n) is 1.62. The lowest BCUT2D eigenvalue weighted by molar-refractivity contribution is 0.229. The topological polar surface area (TPSA) is 46.3 Å². The quantitative estimate of drug-likeness (QED) is 0.815. The largest absolute Gasteiger partial charge is 0.388 e. The Balaban J connectivity index is 2.44. The van der Waals surface area contributed by atoms with Crippen molar-refractivity contribution < 1.29 is 9.63 Å². The van der Waals surface area contributed by atoms with Gasteiger partial charge in [-0.15, -0.1) is 0 Å². The summed E-state index contributed by atoms with van der Waals surface area (Å²) in [5.41, 5.74) is 4.20. The number of rotatable bonds is 2. The lowest BCUT2D eigenvalue weighted by atomic mass is 10.0. The second kappa shape index (κ2) is 3.87. The van der Waals surface area contributed by atoms with Gasteiger partial charge in [0.1, 0.15) is 12.3 Å². The van der Waals surface area contributed by atoms with Crippen LogP contribution in [0.5, 0.6) is 0 Å². The summed E-state index contributed by atoms with van der Waals surface area (Å²) in [6, 6.07) is 7.92. The van der Waals surface area contributed by atoms with Crippen LogP contribution in [0.25, 0.3) is 11.3 Å². The van der Waals surface area contributed by atoms with Crippen LogP contribution in [-0.2, 0) is 6.61 Å². The number of aliphatic hydroxyl groups excluding tert-OH is 1. The Morgan fingerprint density at radius 1 is 1.27 bits per heavy atom. The van der Waals surface area contributed by atoms with Gasteiger partial charge in [0.2, 0.25) is 0 Å². The third-order valence-corrected chi connectivity index (χ3v) is 2.37. The van der Waals surface area contributed by atoms with Crippen LogP contribution in [0.2, 0.25) is 0 Å². The van der Waals surface area contributed by atoms with E-state index in [0.29, 0.717) is 5.76 Å². The molecule has 0 saturated heterocycles. The zero-order valence-corrected chi connectivity index (χ0v) is 8.82. The summed E-state index contributed by atoms with van der Waals surface area (Å²) >= 11 is 0. The average Bonchev–Trinajstić information content (AvgIpc) is 2.66. The van der Waals surface area contributed by atoms with Crippen molar-refractivity contribution in [1.82, 2.24) is 5.16 Å². The Morgan fingerprint density at radius 3 is 2.67 bits per heavy atom. The van der Waals surface area contributed by atoms with Gasteiger partial charge in [0.15, 0.2) is 5.76 Å². The molecule has 0 radical (unpaired) electrons. The summed E-state index contributed by atoms with van der Waals surface area (Å²) in [7, 11) is 0. The van der Waals surface area contributed by atoms with Gasteiger partial charge in [-0.05, 0) is 19.4 Å². The van der Waals surface area contributed by atoms with Gasteiger partial charge in [-0.25, -0.2) is 0 Å². The van der Waals surface area contributed by atoms with Crippen LogP contribution in [0.3, 0.4) is 0 Å². The minimum absolute atomic E-state index is 0.113. The van der Waals surface area contributed by atoms with E-state index >= 15 is 0 Å². The molecule has 3 heteroatoms. The van der Waals surface area contributed by atoms with E-state index in [1.165, 1.54) is 5.56 Å². The molecular formula is C12H13NO2. The summed E-state index contributed by atoms with van der Waals surface area (Å²) in [5, 5.41) is 12.8. The number of hydrogen-bond acceptors (Lipinski definition) is 3. The molecule has 2 rings (SSSR count). The highest BCUT2D eigenvalue weighted by Gasteiger charge is 2.07. The van der Waals surface area contributed by atoms with Crippen LogP contribution in [0.1, 0.15) is 16.9 Å². The van der Waals surface area contributed by atoms with E-state index in [4.69, 9.17) is 9.63 Å². The zero-order valence-electron chi connectivity index (χ0n) is 8.82. The molecule has 2 aromatic rings. The SMILES string of the molecule is Cc1ccc(-c2cc(CO)on2)c(C)c1. The predicted molar refractivity (Wildman–Crippen MR) is 57.3 cm³/mol. The fourth-order valence-corrected chi connectivity index (χ4v) is 1.62. The van der Waals surface area contributed by atoms with Crippen molar-refractivity contribution in [3.8, 4) is 11.3 Å². The van der Waals surface area contributed by atoms with Gasteiger partial charge < -0.3 is 9.63 Å². The first-order valence-electron chi connectivity index (χ1n) is 4.85. The number of aromatic nitrogens is 1. The molecule has 0 aliphatic heterocycles. The molecule has 0 aliphatic rings. The van der Waals surface area contributed by atoms with Crippen molar-refractivity contribution in [2.45, 2.75) is 20.5 Å². The number of nitrogens with zero attached hydrogens (tertiary/aromatic N) is 1. The molecule has 0 saturated carbocycles. The molecule has 0 unspecified atom stereocenters. The van der Waals surface area contributed by atoms with E-state index in [1.807, 2.05) is 19.1 Å². The first-order chi connectivity index (χ1) is 7.20. The van der Waals surface area contributed by atoms with Gasteiger partial charge in [0, 0.05) is 11.6 Å². The van der Waals surface area contributed by atoms with Crippen LogP contribution < -0.4 is 0 Å². The molecule has 1 N–H and O–H groups in total. The number of hydrogen-bond donors (Lipinski definition) is 1. The molecule has 0 spiro atoms. The lowest BCUT2D eigenvalue weighted by Gasteiger charge is -2.02. The third-order valence-electron chi connectivity index (χ3n) is 2.37. The molecule has 15 heavy (non-hydrogen) atoms. The Hall–Kier alpha value is -1.61. The molecule has 3 nitrogen and oxygen atoms in total. The Labute approximate surface area is 88.3 Å². The molecule has 0 bridgehead atoms. The summed E-state index contributed by atoms with van der Waals surface area (Å²) < 4.78 is 4.95. The molecule has 78 valence electrons. The number of aryl methyl sites for hydroxylation is 2. The predicted octanol–water partition coefficient (Wildman–Crippen LogP) is 2.45. The fraction of sp³-hybridized carbons (Fsp3) is 0.250. The highest BCUT2D eigenvalue weighted by Crippen LogP contribution is 2.23. The Kier molecular flexibility index (Phi) is 2.56. The summed E-state index contributed by atoms with van der Waals surface area (Å²) in [5.74, 6) is 0.491. The van der Waals surface area contributed by atoms with Gasteiger partial charge >= 0.3 is 0 Å². The van der Waals surface area contributed by atoms with Crippen LogP contribution >= 0.6 is 0 Å². The summed E-state index contributed by atoms with van der Waals surface area (Å²) in [4.78, 5) is 0. The molecule has 0 amide bonds. The van der Waals surface area contributed by atoms with Crippen molar-refractivity contribution >= 4 is 0 Å². The van der Waals surface area contributed by atoms with Crippen LogP contribution in [0.4, 0.5) is 0 Å². The van der Waals surface area contributed by atoms with Gasteiger partial charge in [0.25, 0.3) is 0 Å². The van der Waals surface area contributed by atoms with E-state index in [9.17, 15) is 0 Å². The highest BCUT2D eigenvalue weighted by atomic mass is 16.5. The monoisotopic (exact) mass is 203 g/mol. The lowest BCUT2D eigenvalue weighted by Crippen LogP contribution is -1.84. The maximum absolute atomic E-state index is 8.88. The van der Waals surface area contributed by atoms with Crippen molar-refractivity contribution in [2.24, 2.45) is 0 Å². The normalized spacial score (nSPS) is 10.6. The molecular weight excluding hydrogens is 190 g/mol. The Morgan fingerprint density at radius 2 is 2.07 bits per heavy atom. The van der Waals surface area contributed by atoms with Gasteiger partial charge in [-0.3, -0.25) is 0 Å². The van der Waals surface area contributed by atoms with Gasteiger partial charge in [-0.2, -0.15) is 0 Å². The Bertz CT molecular complexity index is 474. The third kappa shape index (κ3) is 1.92. The minimum atomic E-state index is -0.113. The van der Waals surface area contributed by atoms with E-state index < -0.39 is 0 Å². The van der Waals surface area contributed by atoms with Gasteiger partial charge in [0.05, 0.1) is 0 Å². The smallest absolute Gasteiger partial charge is 0.162 e. The average molecular weight is 203 g/mol. The maximum atomic E-state index is 8.88. The summed E-state index contributed by atoms with van der Waals surface area (Å²) in [6.45, 7) is 3.98. The highest BCUT2D eigenvalue weighted by molar-refractivity contribution is 5.63. The molecule has 1 heterocycles. The molecule has 1 aromatic carbocycles. The van der Waals surface area contributed by atoms with Crippen LogP contribution in [-0.4, -0.2) is 10.3 Å². The van der Waals surface area contributed by atoms with E-state index in [2.05, 4.69) is 18.1 Å². The van der Waals surface area contributed by atoms with Crippen LogP contribution in [0, 0.1) is 13.8 Å². The second-order valence-electron chi connectivity index (χ2n) is 3.65. The number of benzene rings is 1. The van der Waals surface area contributed by atoms with Crippen LogP contribution in [0.15, 0.2) is 28.8 Å². The van der Waals surface area contributed by atoms with E-state index in [1.54, 1.807) is 6.07 Å². The van der Waals surface area contributed by atoms with Crippen molar-refractivity contribution in [3.63, 3.8) is 0 Å². The van der Waals surface area contributed by atoms with Crippen molar-refractivity contribution in [2.75, 3.05) is 0 Å². The standard InChI is InChI=1S/C12H13NO2/c1-8-3-4-11(9(2)5-8)12-6-10(7-14)15-13-12/h3-6,14H,7H2,1-2H3. The van der Waals surface area contributed by atoms with Gasteiger partial charge in [-0.1, -0.05) is 28.9 Å². The van der Waals surface area contributed by atoms with Crippen molar-refractivity contribution in [3.05, 3.63) is 41.2 Å². The molecule has 0 fully saturated rings. The summed E-state index contributed by atoms with van der Waals surface area (Å²) in [6.07, 6.45) is 0. The zero-order chi connectivity index (χ0) is 10.8. The van der Waals surface area contributed by atoms with E-state index in [0.717, 1.165) is 16.8 Å². The first-order valence-corrected chi connectivity index (χ1v) is 4.85. The first kappa shape index (κ1) is 9.93. The molecule has 0 atom stereocenters. The molecule has 1 aromatic heterocycles. The minimum Gasteiger partial charge on any atom is -0.388 e. The van der Waals surface area contributed by atoms with Crippen molar-refractivity contribution in [1.29, 1.82) is 0 Å². The van der Waals surface area contributed by atoms with E-state index in [-0.39, 0.29) is 6.61 Å².